The third-order valence-electron chi connectivity index (χ3n) is 7.85. The van der Waals surface area contributed by atoms with Crippen molar-refractivity contribution < 1.29 is 0 Å². The van der Waals surface area contributed by atoms with E-state index < -0.39 is 51.0 Å². The van der Waals surface area contributed by atoms with Crippen LogP contribution in [0, 0.1) is 0 Å². The molecule has 0 aromatic carbocycles. The van der Waals surface area contributed by atoms with Gasteiger partial charge in [-0.2, -0.15) is 0 Å². The summed E-state index contributed by atoms with van der Waals surface area (Å²) in [7, 11) is 6.71. The molecule has 1 aromatic rings. The van der Waals surface area contributed by atoms with E-state index in [2.05, 4.69) is 89.2 Å². The van der Waals surface area contributed by atoms with Gasteiger partial charge >= 0.3 is 268 Å². The van der Waals surface area contributed by atoms with Crippen LogP contribution in [0.5, 0.6) is 0 Å². The van der Waals surface area contributed by atoms with Crippen molar-refractivity contribution in [3.05, 3.63) is 0 Å². The Balaban J connectivity index is 3.68. The van der Waals surface area contributed by atoms with E-state index in [1.165, 1.54) is 97.7 Å². The molecular formula is C30H63N3S3Sn3. The molecule has 0 N–H and O–H groups in total. The third kappa shape index (κ3) is 14.0. The molecule has 1 heterocycles. The van der Waals surface area contributed by atoms with Gasteiger partial charge in [-0.25, -0.2) is 0 Å². The first-order valence-electron chi connectivity index (χ1n) is 16.6. The molecule has 0 fully saturated rings. The van der Waals surface area contributed by atoms with Crippen LogP contribution in [0.1, 0.15) is 120 Å². The van der Waals surface area contributed by atoms with Gasteiger partial charge in [0.1, 0.15) is 0 Å². The molecule has 39 heavy (non-hydrogen) atoms. The molecule has 1 aromatic heterocycles. The number of hydrogen-bond donors (Lipinski definition) is 0. The predicted octanol–water partition coefficient (Wildman–Crippen LogP) is 12.7. The van der Waals surface area contributed by atoms with Crippen LogP contribution in [0.3, 0.4) is 0 Å². The average Bonchev–Trinajstić information content (AvgIpc) is 2.85. The fourth-order valence-corrected chi connectivity index (χ4v) is 72.1. The molecule has 0 spiro atoms. The Labute approximate surface area is 265 Å². The molecule has 0 amide bonds. The topological polar surface area (TPSA) is 38.7 Å². The molecule has 0 radical (unpaired) electrons. The molecule has 0 bridgehead atoms. The van der Waals surface area contributed by atoms with Gasteiger partial charge in [-0.15, -0.1) is 0 Å². The summed E-state index contributed by atoms with van der Waals surface area (Å²) in [4.78, 5) is 16.1. The zero-order chi connectivity index (χ0) is 29.2. The maximum absolute atomic E-state index is 5.38. The summed E-state index contributed by atoms with van der Waals surface area (Å²) < 4.78 is 13.2. The molecule has 9 heteroatoms. The molecule has 0 atom stereocenters. The molecule has 0 aliphatic carbocycles. The van der Waals surface area contributed by atoms with Gasteiger partial charge in [-0.1, -0.05) is 0 Å². The fourth-order valence-electron chi connectivity index (χ4n) is 6.72. The second kappa shape index (κ2) is 22.0. The molecule has 0 saturated carbocycles. The zero-order valence-electron chi connectivity index (χ0n) is 27.3. The van der Waals surface area contributed by atoms with Crippen LogP contribution in [0.4, 0.5) is 0 Å². The SMILES string of the molecule is CC[CH2][Sn]([CH2]CC)([CH2]CC)[S]c1nc([S][Sn]([CH2]CC)([CH2]CC)[CH2]CC)nc([S][Sn]([CH2]CC)([CH2]CC)[CH2]CC)n1. The second-order valence-electron chi connectivity index (χ2n) is 11.8. The normalized spacial score (nSPS) is 12.8. The Bertz CT molecular complexity index is 622. The van der Waals surface area contributed by atoms with E-state index in [0.717, 1.165) is 15.5 Å². The average molecular weight is 918 g/mol. The second-order valence-corrected chi connectivity index (χ2v) is 69.3. The first-order chi connectivity index (χ1) is 18.8. The van der Waals surface area contributed by atoms with Gasteiger partial charge in [0, 0.05) is 0 Å². The Morgan fingerprint density at radius 1 is 0.333 bits per heavy atom. The minimum absolute atomic E-state index is 1.13. The monoisotopic (exact) mass is 921 g/mol. The number of nitrogens with zero attached hydrogens (tertiary/aromatic N) is 3. The van der Waals surface area contributed by atoms with Crippen LogP contribution in [0.2, 0.25) is 39.9 Å². The number of hydrogen-bond acceptors (Lipinski definition) is 6. The van der Waals surface area contributed by atoms with Gasteiger partial charge < -0.3 is 0 Å². The molecule has 1 rings (SSSR count). The van der Waals surface area contributed by atoms with Crippen molar-refractivity contribution in [3.8, 4) is 0 Å². The van der Waals surface area contributed by atoms with Crippen molar-refractivity contribution in [3.63, 3.8) is 0 Å². The third-order valence-corrected chi connectivity index (χ3v) is 74.6. The van der Waals surface area contributed by atoms with Crippen molar-refractivity contribution in [2.75, 3.05) is 0 Å². The van der Waals surface area contributed by atoms with Gasteiger partial charge in [0.15, 0.2) is 0 Å². The van der Waals surface area contributed by atoms with Gasteiger partial charge in [0.2, 0.25) is 0 Å². The van der Waals surface area contributed by atoms with E-state index in [0.29, 0.717) is 0 Å². The van der Waals surface area contributed by atoms with E-state index in [1.807, 2.05) is 0 Å². The van der Waals surface area contributed by atoms with Gasteiger partial charge in [-0.05, 0) is 0 Å². The Kier molecular flexibility index (Phi) is 22.3. The van der Waals surface area contributed by atoms with Crippen LogP contribution >= 0.6 is 26.8 Å². The van der Waals surface area contributed by atoms with Crippen molar-refractivity contribution in [2.24, 2.45) is 0 Å². The molecule has 3 nitrogen and oxygen atoms in total. The van der Waals surface area contributed by atoms with Crippen LogP contribution in [0.25, 0.3) is 0 Å². The van der Waals surface area contributed by atoms with Crippen LogP contribution < -0.4 is 0 Å². The standard InChI is InChI=1S/C3H3N3S3.9C3H7.3Sn/c7-1-4-2(8)6-3(9)5-1;9*1-3-2;;;/h(H3,4,5,6,7,8,9);9*1,3H2,2H3;;;/q;;;;;;;;;;3*+1/p-3. The van der Waals surface area contributed by atoms with Crippen molar-refractivity contribution in [2.45, 2.75) is 176 Å². The molecule has 0 aliphatic rings. The van der Waals surface area contributed by atoms with Crippen LogP contribution in [0.15, 0.2) is 15.5 Å². The summed E-state index contributed by atoms with van der Waals surface area (Å²) in [5, 5.41) is 3.40. The summed E-state index contributed by atoms with van der Waals surface area (Å²) in [6.07, 6.45) is 11.9. The van der Waals surface area contributed by atoms with Crippen LogP contribution in [-0.4, -0.2) is 65.9 Å². The molecule has 0 unspecified atom stereocenters. The van der Waals surface area contributed by atoms with Crippen molar-refractivity contribution in [1.29, 1.82) is 0 Å². The maximum atomic E-state index is 5.38. The Hall–Kier alpha value is 2.46. The van der Waals surface area contributed by atoms with Crippen LogP contribution in [-0.2, 0) is 0 Å². The molecular weight excluding hydrogens is 855 g/mol. The van der Waals surface area contributed by atoms with Crippen molar-refractivity contribution in [1.82, 2.24) is 15.0 Å². The van der Waals surface area contributed by atoms with Crippen molar-refractivity contribution >= 4 is 77.8 Å². The quantitative estimate of drug-likeness (QED) is 0.0962. The Morgan fingerprint density at radius 3 is 0.615 bits per heavy atom. The summed E-state index contributed by atoms with van der Waals surface area (Å²) in [6, 6.07) is 0. The van der Waals surface area contributed by atoms with Gasteiger partial charge in [0.05, 0.1) is 0 Å². The van der Waals surface area contributed by atoms with E-state index in [4.69, 9.17) is 15.0 Å². The number of rotatable bonds is 24. The molecule has 0 saturated heterocycles. The van der Waals surface area contributed by atoms with E-state index in [-0.39, 0.29) is 0 Å². The van der Waals surface area contributed by atoms with Gasteiger partial charge in [-0.3, -0.25) is 0 Å². The van der Waals surface area contributed by atoms with E-state index in [9.17, 15) is 0 Å². The van der Waals surface area contributed by atoms with Gasteiger partial charge in [0.25, 0.3) is 0 Å². The summed E-state index contributed by atoms with van der Waals surface area (Å²) in [5.41, 5.74) is 0. The van der Waals surface area contributed by atoms with E-state index in [1.54, 1.807) is 0 Å². The minimum atomic E-state index is -2.42. The summed E-state index contributed by atoms with van der Waals surface area (Å²) >= 11 is -7.25. The first-order valence-corrected chi connectivity index (χ1v) is 47.7. The van der Waals surface area contributed by atoms with E-state index >= 15 is 0 Å². The summed E-state index contributed by atoms with van der Waals surface area (Å²) in [6.45, 7) is 21.6. The Morgan fingerprint density at radius 2 is 0.487 bits per heavy atom. The first kappa shape index (κ1) is 39.5. The number of aromatic nitrogens is 3. The molecule has 0 aliphatic heterocycles. The predicted molar refractivity (Wildman–Crippen MR) is 191 cm³/mol. The molecule has 228 valence electrons. The summed E-state index contributed by atoms with van der Waals surface area (Å²) in [5.74, 6) is 0. The zero-order valence-corrected chi connectivity index (χ0v) is 38.3. The fraction of sp³-hybridized carbons (Fsp3) is 0.900.